The van der Waals surface area contributed by atoms with Crippen LogP contribution < -0.4 is 0 Å². The van der Waals surface area contributed by atoms with Gasteiger partial charge in [0.25, 0.3) is 0 Å². The molecule has 10 heteroatoms. The lowest BCUT2D eigenvalue weighted by molar-refractivity contribution is -0.161. The van der Waals surface area contributed by atoms with Gasteiger partial charge in [-0.2, -0.15) is 0 Å². The molecule has 3 N–H and O–H groups in total. The number of aliphatic hydroxyl groups is 1. The zero-order chi connectivity index (χ0) is 37.7. The second-order valence-electron chi connectivity index (χ2n) is 12.0. The summed E-state index contributed by atoms with van der Waals surface area (Å²) in [6.07, 6.45) is 44.5. The monoisotopic (exact) mass is 732 g/mol. The fourth-order valence-electron chi connectivity index (χ4n) is 4.38. The van der Waals surface area contributed by atoms with Gasteiger partial charge in [0.05, 0.1) is 12.7 Å². The van der Waals surface area contributed by atoms with E-state index in [1.54, 1.807) is 6.08 Å². The van der Waals surface area contributed by atoms with Crippen LogP contribution >= 0.6 is 7.82 Å². The number of allylic oxidation sites excluding steroid dienone is 14. The molecule has 0 aliphatic heterocycles. The Kier molecular flexibility index (Phi) is 33.2. The van der Waals surface area contributed by atoms with Gasteiger partial charge in [-0.05, 0) is 83.5 Å². The first-order valence-electron chi connectivity index (χ1n) is 18.6. The maximum atomic E-state index is 12.3. The van der Waals surface area contributed by atoms with Gasteiger partial charge in [0, 0.05) is 12.8 Å². The average molecular weight is 733 g/mol. The van der Waals surface area contributed by atoms with Gasteiger partial charge in [-0.3, -0.25) is 14.1 Å². The van der Waals surface area contributed by atoms with Gasteiger partial charge in [0.1, 0.15) is 6.61 Å². The molecule has 0 aliphatic rings. The summed E-state index contributed by atoms with van der Waals surface area (Å²) in [6.45, 7) is 3.35. The average Bonchev–Trinajstić information content (AvgIpc) is 3.09. The summed E-state index contributed by atoms with van der Waals surface area (Å²) in [5.41, 5.74) is 0. The molecule has 0 aromatic rings. The normalized spacial score (nSPS) is 14.2. The van der Waals surface area contributed by atoms with Crippen LogP contribution in [0.1, 0.15) is 123 Å². The Morgan fingerprint density at radius 2 is 1.18 bits per heavy atom. The number of aliphatic hydroxyl groups excluding tert-OH is 1. The second-order valence-corrected chi connectivity index (χ2v) is 13.2. The molecule has 0 aromatic heterocycles. The molecule has 0 aromatic carbocycles. The van der Waals surface area contributed by atoms with Crippen molar-refractivity contribution >= 4 is 19.8 Å². The van der Waals surface area contributed by atoms with Crippen molar-refractivity contribution in [3.05, 3.63) is 97.2 Å². The second kappa shape index (κ2) is 35.3. The number of hydrogen-bond donors (Lipinski definition) is 3. The Balaban J connectivity index is 4.25. The third-order valence-electron chi connectivity index (χ3n) is 7.17. The van der Waals surface area contributed by atoms with Crippen molar-refractivity contribution in [3.63, 3.8) is 0 Å². The molecular weight excluding hydrogens is 667 g/mol. The van der Waals surface area contributed by atoms with Crippen molar-refractivity contribution < 1.29 is 43.0 Å². The summed E-state index contributed by atoms with van der Waals surface area (Å²) in [5.74, 6) is -1.05. The minimum absolute atomic E-state index is 0.0888. The molecule has 0 rings (SSSR count). The van der Waals surface area contributed by atoms with E-state index in [9.17, 15) is 19.3 Å². The minimum atomic E-state index is -4.80. The summed E-state index contributed by atoms with van der Waals surface area (Å²) in [4.78, 5) is 42.7. The lowest BCUT2D eigenvalue weighted by Gasteiger charge is -2.18. The van der Waals surface area contributed by atoms with E-state index in [4.69, 9.17) is 19.3 Å². The van der Waals surface area contributed by atoms with Gasteiger partial charge in [-0.1, -0.05) is 124 Å². The zero-order valence-electron chi connectivity index (χ0n) is 31.1. The van der Waals surface area contributed by atoms with Crippen molar-refractivity contribution in [2.24, 2.45) is 0 Å². The Morgan fingerprint density at radius 3 is 1.80 bits per heavy atom. The van der Waals surface area contributed by atoms with Crippen LogP contribution in [0.5, 0.6) is 0 Å². The summed E-state index contributed by atoms with van der Waals surface area (Å²) in [5, 5.41) is 9.98. The maximum absolute atomic E-state index is 12.3. The van der Waals surface area contributed by atoms with Crippen LogP contribution in [0.15, 0.2) is 97.2 Å². The van der Waals surface area contributed by atoms with Crippen molar-refractivity contribution in [2.75, 3.05) is 13.2 Å². The first-order chi connectivity index (χ1) is 24.7. The highest BCUT2D eigenvalue weighted by Crippen LogP contribution is 2.35. The number of phosphoric ester groups is 1. The van der Waals surface area contributed by atoms with Crippen molar-refractivity contribution in [1.29, 1.82) is 0 Å². The van der Waals surface area contributed by atoms with Crippen molar-refractivity contribution in [3.8, 4) is 0 Å². The van der Waals surface area contributed by atoms with E-state index < -0.39 is 38.6 Å². The largest absolute Gasteiger partial charge is 0.469 e. The highest BCUT2D eigenvalue weighted by molar-refractivity contribution is 7.46. The molecule has 0 spiro atoms. The predicted molar refractivity (Wildman–Crippen MR) is 208 cm³/mol. The fraction of sp³-hybridized carbons (Fsp3) is 0.561. The molecule has 0 amide bonds. The fourth-order valence-corrected chi connectivity index (χ4v) is 4.74. The molecule has 0 heterocycles. The van der Waals surface area contributed by atoms with E-state index >= 15 is 0 Å². The van der Waals surface area contributed by atoms with E-state index in [2.05, 4.69) is 73.1 Å². The number of carbonyl (C=O) groups excluding carboxylic acids is 2. The number of carbonyl (C=O) groups is 2. The number of hydrogen-bond acceptors (Lipinski definition) is 7. The quantitative estimate of drug-likeness (QED) is 0.0203. The smallest absolute Gasteiger partial charge is 0.462 e. The van der Waals surface area contributed by atoms with E-state index in [1.807, 2.05) is 36.5 Å². The minimum Gasteiger partial charge on any atom is -0.462 e. The maximum Gasteiger partial charge on any atom is 0.469 e. The third-order valence-corrected chi connectivity index (χ3v) is 7.65. The molecular formula is C41H65O9P. The first-order valence-corrected chi connectivity index (χ1v) is 20.2. The zero-order valence-corrected chi connectivity index (χ0v) is 32.0. The third kappa shape index (κ3) is 38.0. The molecule has 0 fully saturated rings. The first kappa shape index (κ1) is 47.9. The molecule has 0 bridgehead atoms. The molecule has 0 saturated carbocycles. The van der Waals surface area contributed by atoms with E-state index in [0.29, 0.717) is 32.1 Å². The molecule has 0 unspecified atom stereocenters. The van der Waals surface area contributed by atoms with Gasteiger partial charge in [0.2, 0.25) is 0 Å². The Hall–Kier alpha value is -3.07. The summed E-state index contributed by atoms with van der Waals surface area (Å²) in [7, 11) is -4.80. The molecule has 0 saturated heterocycles. The predicted octanol–water partition coefficient (Wildman–Crippen LogP) is 10.0. The number of esters is 2. The van der Waals surface area contributed by atoms with Gasteiger partial charge >= 0.3 is 19.8 Å². The highest BCUT2D eigenvalue weighted by atomic mass is 31.2. The molecule has 2 atom stereocenters. The topological polar surface area (TPSA) is 140 Å². The lowest BCUT2D eigenvalue weighted by atomic mass is 10.1. The van der Waals surface area contributed by atoms with Crippen LogP contribution in [0, 0.1) is 0 Å². The van der Waals surface area contributed by atoms with Crippen LogP contribution in [-0.2, 0) is 28.2 Å². The van der Waals surface area contributed by atoms with Crippen LogP contribution in [0.25, 0.3) is 0 Å². The van der Waals surface area contributed by atoms with Gasteiger partial charge in [-0.15, -0.1) is 0 Å². The Labute approximate surface area is 307 Å². The molecule has 0 radical (unpaired) electrons. The van der Waals surface area contributed by atoms with Crippen molar-refractivity contribution in [2.45, 2.75) is 135 Å². The Morgan fingerprint density at radius 1 is 0.627 bits per heavy atom. The van der Waals surface area contributed by atoms with Crippen LogP contribution in [0.4, 0.5) is 0 Å². The number of phosphoric acid groups is 1. The van der Waals surface area contributed by atoms with Gasteiger partial charge < -0.3 is 24.4 Å². The van der Waals surface area contributed by atoms with Gasteiger partial charge in [-0.25, -0.2) is 4.57 Å². The molecule has 288 valence electrons. The number of unbranched alkanes of at least 4 members (excludes halogenated alkanes) is 6. The van der Waals surface area contributed by atoms with Crippen LogP contribution in [0.2, 0.25) is 0 Å². The Bertz CT molecular complexity index is 1160. The lowest BCUT2D eigenvalue weighted by Crippen LogP contribution is -2.29. The van der Waals surface area contributed by atoms with E-state index in [1.165, 1.54) is 19.3 Å². The highest BCUT2D eigenvalue weighted by Gasteiger charge is 2.22. The van der Waals surface area contributed by atoms with Crippen LogP contribution in [0.3, 0.4) is 0 Å². The van der Waals surface area contributed by atoms with Gasteiger partial charge in [0.15, 0.2) is 6.10 Å². The van der Waals surface area contributed by atoms with Crippen LogP contribution in [-0.4, -0.2) is 52.3 Å². The number of ether oxygens (including phenoxy) is 2. The summed E-state index contributed by atoms with van der Waals surface area (Å²) >= 11 is 0. The molecule has 9 nitrogen and oxygen atoms in total. The summed E-state index contributed by atoms with van der Waals surface area (Å²) < 4.78 is 26.2. The standard InChI is InChI=1S/C41H65O9P/c1-3-5-7-9-11-12-13-14-15-16-17-18-22-26-30-34-40(43)48-36-39(37-49-51(45,46)47)50-41(44)35-31-27-23-20-19-21-25-29-33-38(42)32-28-24-10-8-6-4-2/h5,7,11-12,14-15,17-18,20-21,23-25,28-29,33,38-39,42H,3-4,6,8-10,13,16,19,22,26-27,30-32,34-37H2,1-2H3,(H2,45,46,47)/b7-5-,12-11-,15-14-,18-17-,23-20-,25-21-,28-24-,33-29+/t38-,39+/m0/s1. The SMILES string of the molecule is CC/C=C\C/C=C\C/C=C\C/C=C\CCCCC(=O)OC[C@H](COP(=O)(O)O)OC(=O)CCC/C=C\C/C=C\C=C\[C@@H](O)C/C=C\CCCCC. The number of rotatable bonds is 32. The molecule has 51 heavy (non-hydrogen) atoms. The van der Waals surface area contributed by atoms with E-state index in [0.717, 1.165) is 44.9 Å². The van der Waals surface area contributed by atoms with E-state index in [-0.39, 0.29) is 19.4 Å². The summed E-state index contributed by atoms with van der Waals surface area (Å²) in [6, 6.07) is 0. The van der Waals surface area contributed by atoms with Crippen molar-refractivity contribution in [1.82, 2.24) is 0 Å². The molecule has 0 aliphatic carbocycles.